The van der Waals surface area contributed by atoms with Gasteiger partial charge in [-0.15, -0.1) is 0 Å². The van der Waals surface area contributed by atoms with Crippen LogP contribution in [0, 0.1) is 13.8 Å². The van der Waals surface area contributed by atoms with Gasteiger partial charge in [0.25, 0.3) is 5.91 Å². The Kier molecular flexibility index (Phi) is 4.99. The Bertz CT molecular complexity index is 863. The second kappa shape index (κ2) is 7.53. The number of aromatic nitrogens is 3. The van der Waals surface area contributed by atoms with Gasteiger partial charge in [-0.2, -0.15) is 0 Å². The number of hydrogen-bond acceptors (Lipinski definition) is 5. The lowest BCUT2D eigenvalue weighted by Crippen LogP contribution is -2.12. The minimum atomic E-state index is -0.176. The first kappa shape index (κ1) is 16.6. The molecule has 2 N–H and O–H groups in total. The molecule has 0 aliphatic heterocycles. The number of hydrogen-bond donors (Lipinski definition) is 2. The second-order valence-corrected chi connectivity index (χ2v) is 5.69. The summed E-state index contributed by atoms with van der Waals surface area (Å²) in [6.45, 7) is 4.47. The third-order valence-corrected chi connectivity index (χ3v) is 3.67. The fourth-order valence-electron chi connectivity index (χ4n) is 2.30. The van der Waals surface area contributed by atoms with E-state index in [1.54, 1.807) is 30.7 Å². The maximum absolute atomic E-state index is 12.1. The van der Waals surface area contributed by atoms with Crippen molar-refractivity contribution in [3.05, 3.63) is 77.5 Å². The van der Waals surface area contributed by atoms with E-state index in [4.69, 9.17) is 0 Å². The number of rotatable bonds is 5. The van der Waals surface area contributed by atoms with Crippen molar-refractivity contribution in [3.63, 3.8) is 0 Å². The lowest BCUT2D eigenvalue weighted by atomic mass is 10.2. The van der Waals surface area contributed by atoms with Crippen molar-refractivity contribution in [1.82, 2.24) is 15.0 Å². The molecular formula is C19H19N5O. The zero-order chi connectivity index (χ0) is 17.6. The summed E-state index contributed by atoms with van der Waals surface area (Å²) in [6, 6.07) is 11.1. The van der Waals surface area contributed by atoms with Crippen molar-refractivity contribution >= 4 is 17.4 Å². The Morgan fingerprint density at radius 1 is 1.08 bits per heavy atom. The smallest absolute Gasteiger partial charge is 0.257 e. The number of nitrogens with one attached hydrogen (secondary N) is 2. The van der Waals surface area contributed by atoms with Crippen LogP contribution in [0.15, 0.2) is 55.0 Å². The Morgan fingerprint density at radius 2 is 1.88 bits per heavy atom. The van der Waals surface area contributed by atoms with Crippen molar-refractivity contribution < 1.29 is 4.79 Å². The molecule has 6 nitrogen and oxygen atoms in total. The average Bonchev–Trinajstić information content (AvgIpc) is 2.64. The highest BCUT2D eigenvalue weighted by Crippen LogP contribution is 2.14. The molecule has 2 heterocycles. The lowest BCUT2D eigenvalue weighted by Gasteiger charge is -2.10. The molecule has 0 spiro atoms. The normalized spacial score (nSPS) is 10.3. The highest BCUT2D eigenvalue weighted by molar-refractivity contribution is 6.03. The van der Waals surface area contributed by atoms with Crippen molar-refractivity contribution in [2.45, 2.75) is 20.4 Å². The van der Waals surface area contributed by atoms with Crippen molar-refractivity contribution in [3.8, 4) is 0 Å². The van der Waals surface area contributed by atoms with Gasteiger partial charge < -0.3 is 10.6 Å². The molecule has 0 bridgehead atoms. The van der Waals surface area contributed by atoms with Gasteiger partial charge in [0.15, 0.2) is 0 Å². The summed E-state index contributed by atoms with van der Waals surface area (Å²) in [7, 11) is 0. The highest BCUT2D eigenvalue weighted by atomic mass is 16.1. The molecule has 0 aliphatic rings. The van der Waals surface area contributed by atoms with Gasteiger partial charge in [-0.25, -0.2) is 4.98 Å². The molecule has 3 aromatic rings. The zero-order valence-electron chi connectivity index (χ0n) is 14.2. The van der Waals surface area contributed by atoms with E-state index in [9.17, 15) is 4.79 Å². The zero-order valence-corrected chi connectivity index (χ0v) is 14.2. The topological polar surface area (TPSA) is 79.8 Å². The highest BCUT2D eigenvalue weighted by Gasteiger charge is 2.06. The van der Waals surface area contributed by atoms with E-state index < -0.39 is 0 Å². The van der Waals surface area contributed by atoms with Gasteiger partial charge in [0.05, 0.1) is 17.0 Å². The van der Waals surface area contributed by atoms with Crippen LogP contribution < -0.4 is 10.6 Å². The fourth-order valence-corrected chi connectivity index (χ4v) is 2.30. The largest absolute Gasteiger partial charge is 0.364 e. The minimum Gasteiger partial charge on any atom is -0.364 e. The van der Waals surface area contributed by atoms with Crippen LogP contribution in [0.5, 0.6) is 0 Å². The van der Waals surface area contributed by atoms with E-state index in [0.29, 0.717) is 12.1 Å². The molecule has 0 saturated carbocycles. The first-order chi connectivity index (χ1) is 12.1. The summed E-state index contributed by atoms with van der Waals surface area (Å²) in [6.07, 6.45) is 4.93. The predicted molar refractivity (Wildman–Crippen MR) is 97.5 cm³/mol. The number of pyridine rings is 1. The molecule has 0 radical (unpaired) electrons. The number of carbonyl (C=O) groups is 1. The maximum atomic E-state index is 12.1. The van der Waals surface area contributed by atoms with E-state index in [-0.39, 0.29) is 5.91 Å². The molecule has 6 heteroatoms. The Balaban J connectivity index is 1.60. The summed E-state index contributed by atoms with van der Waals surface area (Å²) in [4.78, 5) is 24.8. The summed E-state index contributed by atoms with van der Waals surface area (Å²) < 4.78 is 0. The van der Waals surface area contributed by atoms with E-state index in [1.807, 2.05) is 38.1 Å². The van der Waals surface area contributed by atoms with Crippen LogP contribution >= 0.6 is 0 Å². The van der Waals surface area contributed by atoms with Crippen LogP contribution in [-0.4, -0.2) is 20.9 Å². The standard InChI is InChI=1S/C19H19N5O/c1-13-10-21-14(2)18(23-13)22-11-15-5-7-17(8-6-15)24-19(25)16-4-3-9-20-12-16/h3-10,12H,11H2,1-2H3,(H,22,23)(H,24,25). The van der Waals surface area contributed by atoms with Gasteiger partial charge in [-0.05, 0) is 43.7 Å². The molecule has 1 amide bonds. The van der Waals surface area contributed by atoms with Crippen molar-refractivity contribution in [2.24, 2.45) is 0 Å². The molecule has 0 fully saturated rings. The molecule has 0 unspecified atom stereocenters. The number of nitrogens with zero attached hydrogens (tertiary/aromatic N) is 3. The quantitative estimate of drug-likeness (QED) is 0.748. The van der Waals surface area contributed by atoms with Crippen LogP contribution in [0.4, 0.5) is 11.5 Å². The minimum absolute atomic E-state index is 0.176. The van der Waals surface area contributed by atoms with E-state index >= 15 is 0 Å². The summed E-state index contributed by atoms with van der Waals surface area (Å²) in [5, 5.41) is 6.14. The Labute approximate surface area is 146 Å². The van der Waals surface area contributed by atoms with Gasteiger partial charge in [-0.1, -0.05) is 12.1 Å². The second-order valence-electron chi connectivity index (χ2n) is 5.69. The Morgan fingerprint density at radius 3 is 2.60 bits per heavy atom. The van der Waals surface area contributed by atoms with Crippen LogP contribution in [0.3, 0.4) is 0 Å². The van der Waals surface area contributed by atoms with Gasteiger partial charge in [0.2, 0.25) is 0 Å². The van der Waals surface area contributed by atoms with Gasteiger partial charge in [-0.3, -0.25) is 14.8 Å². The number of anilines is 2. The number of aryl methyl sites for hydroxylation is 2. The summed E-state index contributed by atoms with van der Waals surface area (Å²) >= 11 is 0. The molecule has 0 aliphatic carbocycles. The van der Waals surface area contributed by atoms with Gasteiger partial charge in [0, 0.05) is 30.8 Å². The Hall–Kier alpha value is -3.28. The van der Waals surface area contributed by atoms with Gasteiger partial charge >= 0.3 is 0 Å². The first-order valence-electron chi connectivity index (χ1n) is 7.96. The first-order valence-corrected chi connectivity index (χ1v) is 7.96. The van der Waals surface area contributed by atoms with Crippen LogP contribution in [-0.2, 0) is 6.54 Å². The third-order valence-electron chi connectivity index (χ3n) is 3.67. The number of carbonyl (C=O) groups excluding carboxylic acids is 1. The van der Waals surface area contributed by atoms with Crippen LogP contribution in [0.2, 0.25) is 0 Å². The van der Waals surface area contributed by atoms with Crippen LogP contribution in [0.1, 0.15) is 27.3 Å². The monoisotopic (exact) mass is 333 g/mol. The fraction of sp³-hybridized carbons (Fsp3) is 0.158. The molecule has 1 aromatic carbocycles. The molecule has 3 rings (SSSR count). The summed E-state index contributed by atoms with van der Waals surface area (Å²) in [5.41, 5.74) is 4.10. The van der Waals surface area contributed by atoms with E-state index in [0.717, 1.165) is 28.5 Å². The molecule has 2 aromatic heterocycles. The van der Waals surface area contributed by atoms with E-state index in [1.165, 1.54) is 0 Å². The lowest BCUT2D eigenvalue weighted by molar-refractivity contribution is 0.102. The summed E-state index contributed by atoms with van der Waals surface area (Å²) in [5.74, 6) is 0.610. The molecule has 25 heavy (non-hydrogen) atoms. The SMILES string of the molecule is Cc1cnc(C)c(NCc2ccc(NC(=O)c3cccnc3)cc2)n1. The van der Waals surface area contributed by atoms with E-state index in [2.05, 4.69) is 25.6 Å². The predicted octanol–water partition coefficient (Wildman–Crippen LogP) is 3.35. The van der Waals surface area contributed by atoms with Crippen molar-refractivity contribution in [2.75, 3.05) is 10.6 Å². The molecule has 0 atom stereocenters. The van der Waals surface area contributed by atoms with Crippen molar-refractivity contribution in [1.29, 1.82) is 0 Å². The number of amides is 1. The van der Waals surface area contributed by atoms with Crippen LogP contribution in [0.25, 0.3) is 0 Å². The molecule has 126 valence electrons. The molecule has 0 saturated heterocycles. The van der Waals surface area contributed by atoms with Gasteiger partial charge in [0.1, 0.15) is 5.82 Å². The maximum Gasteiger partial charge on any atom is 0.257 e. The molecular weight excluding hydrogens is 314 g/mol. The average molecular weight is 333 g/mol. The number of benzene rings is 1. The third kappa shape index (κ3) is 4.38.